The molecule has 2 heterocycles. The third kappa shape index (κ3) is 3.03. The van der Waals surface area contributed by atoms with Crippen LogP contribution in [0.25, 0.3) is 0 Å². The van der Waals surface area contributed by atoms with Gasteiger partial charge in [-0.25, -0.2) is 0 Å². The van der Waals surface area contributed by atoms with Gasteiger partial charge in [0.1, 0.15) is 5.75 Å². The average molecular weight is 260 g/mol. The van der Waals surface area contributed by atoms with Crippen molar-refractivity contribution in [2.45, 2.75) is 26.2 Å². The monoisotopic (exact) mass is 260 g/mol. The van der Waals surface area contributed by atoms with Crippen molar-refractivity contribution in [3.05, 3.63) is 23.8 Å². The summed E-state index contributed by atoms with van der Waals surface area (Å²) in [4.78, 5) is 2.53. The zero-order valence-electron chi connectivity index (χ0n) is 11.8. The van der Waals surface area contributed by atoms with Gasteiger partial charge >= 0.3 is 0 Å². The van der Waals surface area contributed by atoms with Gasteiger partial charge in [0.25, 0.3) is 0 Å². The van der Waals surface area contributed by atoms with E-state index in [0.29, 0.717) is 5.92 Å². The first kappa shape index (κ1) is 12.8. The van der Waals surface area contributed by atoms with Crippen molar-refractivity contribution in [1.82, 2.24) is 4.90 Å². The van der Waals surface area contributed by atoms with Crippen LogP contribution in [-0.2, 0) is 6.42 Å². The van der Waals surface area contributed by atoms with Crippen LogP contribution in [0.3, 0.4) is 0 Å². The highest BCUT2D eigenvalue weighted by Gasteiger charge is 2.19. The average Bonchev–Trinajstić information content (AvgIpc) is 2.93. The molecule has 2 aliphatic rings. The smallest absolute Gasteiger partial charge is 0.121 e. The van der Waals surface area contributed by atoms with E-state index in [4.69, 9.17) is 4.74 Å². The van der Waals surface area contributed by atoms with E-state index in [2.05, 4.69) is 35.3 Å². The predicted octanol–water partition coefficient (Wildman–Crippen LogP) is 2.77. The van der Waals surface area contributed by atoms with Crippen LogP contribution in [-0.4, -0.2) is 37.7 Å². The summed E-state index contributed by atoms with van der Waals surface area (Å²) in [7, 11) is 0. The highest BCUT2D eigenvalue weighted by molar-refractivity contribution is 5.58. The first-order chi connectivity index (χ1) is 9.35. The van der Waals surface area contributed by atoms with Gasteiger partial charge in [-0.2, -0.15) is 0 Å². The van der Waals surface area contributed by atoms with Crippen molar-refractivity contribution >= 4 is 5.69 Å². The number of hydrogen-bond donors (Lipinski definition) is 1. The Hall–Kier alpha value is -1.22. The molecule has 0 amide bonds. The summed E-state index contributed by atoms with van der Waals surface area (Å²) in [5.74, 6) is 1.71. The number of rotatable bonds is 4. The minimum absolute atomic E-state index is 0.690. The van der Waals surface area contributed by atoms with Crippen LogP contribution in [0.15, 0.2) is 18.2 Å². The molecule has 104 valence electrons. The molecule has 2 aliphatic heterocycles. The van der Waals surface area contributed by atoms with Gasteiger partial charge in [0.15, 0.2) is 0 Å². The Labute approximate surface area is 115 Å². The summed E-state index contributed by atoms with van der Waals surface area (Å²) in [5.41, 5.74) is 2.68. The predicted molar refractivity (Wildman–Crippen MR) is 79.0 cm³/mol. The third-order valence-corrected chi connectivity index (χ3v) is 4.33. The first-order valence-electron chi connectivity index (χ1n) is 7.57. The number of nitrogens with zero attached hydrogens (tertiary/aromatic N) is 1. The number of benzene rings is 1. The summed E-state index contributed by atoms with van der Waals surface area (Å²) in [6.45, 7) is 7.78. The maximum absolute atomic E-state index is 6.00. The number of fused-ring (bicyclic) bond motifs is 1. The maximum atomic E-state index is 6.00. The van der Waals surface area contributed by atoms with Crippen LogP contribution < -0.4 is 10.1 Å². The molecule has 1 N–H and O–H groups in total. The van der Waals surface area contributed by atoms with Crippen LogP contribution in [0.4, 0.5) is 5.69 Å². The molecule has 1 aromatic rings. The van der Waals surface area contributed by atoms with Gasteiger partial charge in [0.2, 0.25) is 0 Å². The number of nitrogens with one attached hydrogen (secondary N) is 1. The number of anilines is 1. The molecule has 1 atom stereocenters. The maximum Gasteiger partial charge on any atom is 0.121 e. The molecule has 0 aromatic heterocycles. The topological polar surface area (TPSA) is 24.5 Å². The number of ether oxygens (including phenoxy) is 1. The van der Waals surface area contributed by atoms with Crippen molar-refractivity contribution in [3.8, 4) is 5.75 Å². The molecular weight excluding hydrogens is 236 g/mol. The van der Waals surface area contributed by atoms with Gasteiger partial charge in [0, 0.05) is 30.8 Å². The van der Waals surface area contributed by atoms with Crippen LogP contribution >= 0.6 is 0 Å². The molecule has 0 aliphatic carbocycles. The van der Waals surface area contributed by atoms with Crippen molar-refractivity contribution in [1.29, 1.82) is 0 Å². The Morgan fingerprint density at radius 3 is 3.26 bits per heavy atom. The molecule has 3 rings (SSSR count). The SMILES string of the molecule is CCN1CCCC(COc2ccc3c(c2)NCC3)C1. The normalized spacial score (nSPS) is 22.9. The molecule has 1 saturated heterocycles. The standard InChI is InChI=1S/C16H24N2O/c1-2-18-9-3-4-13(11-18)12-19-15-6-5-14-7-8-17-16(14)10-15/h5-6,10,13,17H,2-4,7-9,11-12H2,1H3. The number of hydrogen-bond acceptors (Lipinski definition) is 3. The second kappa shape index (κ2) is 5.83. The second-order valence-corrected chi connectivity index (χ2v) is 5.71. The van der Waals surface area contributed by atoms with Crippen molar-refractivity contribution < 1.29 is 4.74 Å². The van der Waals surface area contributed by atoms with Crippen molar-refractivity contribution in [3.63, 3.8) is 0 Å². The number of likely N-dealkylation sites (tertiary alicyclic amines) is 1. The van der Waals surface area contributed by atoms with Crippen molar-refractivity contribution in [2.24, 2.45) is 5.92 Å². The number of piperidine rings is 1. The van der Waals surface area contributed by atoms with Gasteiger partial charge in [-0.1, -0.05) is 13.0 Å². The Kier molecular flexibility index (Phi) is 3.92. The third-order valence-electron chi connectivity index (χ3n) is 4.33. The van der Waals surface area contributed by atoms with Gasteiger partial charge in [-0.3, -0.25) is 0 Å². The lowest BCUT2D eigenvalue weighted by Gasteiger charge is -2.31. The molecule has 3 nitrogen and oxygen atoms in total. The van der Waals surface area contributed by atoms with Crippen molar-refractivity contribution in [2.75, 3.05) is 38.1 Å². The summed E-state index contributed by atoms with van der Waals surface area (Å²) in [6, 6.07) is 6.47. The molecule has 0 saturated carbocycles. The van der Waals surface area contributed by atoms with Gasteiger partial charge in [0.05, 0.1) is 6.61 Å². The molecule has 1 fully saturated rings. The van der Waals surface area contributed by atoms with Crippen LogP contribution in [0.2, 0.25) is 0 Å². The first-order valence-corrected chi connectivity index (χ1v) is 7.57. The highest BCUT2D eigenvalue weighted by Crippen LogP contribution is 2.27. The van der Waals surface area contributed by atoms with Gasteiger partial charge in [-0.05, 0) is 44.0 Å². The fourth-order valence-electron chi connectivity index (χ4n) is 3.15. The van der Waals surface area contributed by atoms with E-state index >= 15 is 0 Å². The molecule has 1 aromatic carbocycles. The largest absolute Gasteiger partial charge is 0.493 e. The molecule has 0 radical (unpaired) electrons. The minimum Gasteiger partial charge on any atom is -0.493 e. The van der Waals surface area contributed by atoms with E-state index in [1.54, 1.807) is 0 Å². The lowest BCUT2D eigenvalue weighted by atomic mass is 9.99. The lowest BCUT2D eigenvalue weighted by Crippen LogP contribution is -2.37. The van der Waals surface area contributed by atoms with Crippen LogP contribution in [0, 0.1) is 5.92 Å². The zero-order chi connectivity index (χ0) is 13.1. The Balaban J connectivity index is 1.54. The van der Waals surface area contributed by atoms with Gasteiger partial charge < -0.3 is 15.0 Å². The van der Waals surface area contributed by atoms with Crippen LogP contribution in [0.1, 0.15) is 25.3 Å². The van der Waals surface area contributed by atoms with E-state index in [1.807, 2.05) is 0 Å². The Morgan fingerprint density at radius 1 is 1.42 bits per heavy atom. The fourth-order valence-corrected chi connectivity index (χ4v) is 3.15. The fraction of sp³-hybridized carbons (Fsp3) is 0.625. The summed E-state index contributed by atoms with van der Waals surface area (Å²) >= 11 is 0. The quantitative estimate of drug-likeness (QED) is 0.901. The molecule has 0 spiro atoms. The molecule has 1 unspecified atom stereocenters. The van der Waals surface area contributed by atoms with E-state index in [9.17, 15) is 0 Å². The molecule has 0 bridgehead atoms. The van der Waals surface area contributed by atoms with E-state index in [1.165, 1.54) is 43.7 Å². The Morgan fingerprint density at radius 2 is 2.37 bits per heavy atom. The zero-order valence-corrected chi connectivity index (χ0v) is 11.8. The molecular formula is C16H24N2O. The summed E-state index contributed by atoms with van der Waals surface area (Å²) < 4.78 is 6.00. The highest BCUT2D eigenvalue weighted by atomic mass is 16.5. The lowest BCUT2D eigenvalue weighted by molar-refractivity contribution is 0.135. The van der Waals surface area contributed by atoms with E-state index in [0.717, 1.165) is 25.3 Å². The Bertz CT molecular complexity index is 433. The molecule has 19 heavy (non-hydrogen) atoms. The minimum atomic E-state index is 0.690. The van der Waals surface area contributed by atoms with Crippen LogP contribution in [0.5, 0.6) is 5.75 Å². The summed E-state index contributed by atoms with van der Waals surface area (Å²) in [5, 5.41) is 3.41. The molecule has 3 heteroatoms. The van der Waals surface area contributed by atoms with Gasteiger partial charge in [-0.15, -0.1) is 0 Å². The summed E-state index contributed by atoms with van der Waals surface area (Å²) in [6.07, 6.45) is 3.76. The van der Waals surface area contributed by atoms with E-state index in [-0.39, 0.29) is 0 Å². The van der Waals surface area contributed by atoms with E-state index < -0.39 is 0 Å². The second-order valence-electron chi connectivity index (χ2n) is 5.71.